The number of hydrogen-bond acceptors (Lipinski definition) is 2. The third kappa shape index (κ3) is 3.16. The predicted octanol–water partition coefficient (Wildman–Crippen LogP) is 3.66. The zero-order valence-electron chi connectivity index (χ0n) is 10.7. The first kappa shape index (κ1) is 13.9. The van der Waals surface area contributed by atoms with Crippen molar-refractivity contribution in [3.8, 4) is 0 Å². The van der Waals surface area contributed by atoms with Gasteiger partial charge in [0.25, 0.3) is 0 Å². The zero-order chi connectivity index (χ0) is 12.2. The molecule has 1 N–H and O–H groups in total. The average Bonchev–Trinajstić information content (AvgIpc) is 2.26. The maximum atomic E-state index is 11.4. The molecule has 1 aliphatic carbocycles. The Balaban J connectivity index is 2.59. The summed E-state index contributed by atoms with van der Waals surface area (Å²) in [5.41, 5.74) is -0.408. The molecule has 0 unspecified atom stereocenters. The van der Waals surface area contributed by atoms with Gasteiger partial charge >= 0.3 is 5.97 Å². The molecule has 0 aromatic rings. The lowest BCUT2D eigenvalue weighted by atomic mass is 9.67. The van der Waals surface area contributed by atoms with Crippen LogP contribution in [0.15, 0.2) is 0 Å². The standard InChI is InChI=1S/C13H24O2S/c1-10(2)11-4-6-13(7-5-11,12(14)15)8-9-16-3/h10-11H,4-9H2,1-3H3,(H,14,15). The Morgan fingerprint density at radius 3 is 2.38 bits per heavy atom. The van der Waals surface area contributed by atoms with Crippen LogP contribution >= 0.6 is 11.8 Å². The molecule has 0 atom stereocenters. The van der Waals surface area contributed by atoms with Crippen LogP contribution in [-0.4, -0.2) is 23.1 Å². The van der Waals surface area contributed by atoms with Crippen LogP contribution in [0, 0.1) is 17.3 Å². The SMILES string of the molecule is CSCCC1(C(=O)O)CCC(C(C)C)CC1. The van der Waals surface area contributed by atoms with E-state index in [1.807, 2.05) is 0 Å². The lowest BCUT2D eigenvalue weighted by Crippen LogP contribution is -2.37. The van der Waals surface area contributed by atoms with Crippen LogP contribution in [-0.2, 0) is 4.79 Å². The fourth-order valence-corrected chi connectivity index (χ4v) is 3.32. The molecule has 94 valence electrons. The van der Waals surface area contributed by atoms with Crippen molar-refractivity contribution in [2.24, 2.45) is 17.3 Å². The van der Waals surface area contributed by atoms with Crippen molar-refractivity contribution in [3.05, 3.63) is 0 Å². The van der Waals surface area contributed by atoms with E-state index in [1.165, 1.54) is 0 Å². The van der Waals surface area contributed by atoms with Gasteiger partial charge in [-0.3, -0.25) is 4.79 Å². The summed E-state index contributed by atoms with van der Waals surface area (Å²) in [4.78, 5) is 11.4. The third-order valence-electron chi connectivity index (χ3n) is 4.17. The minimum Gasteiger partial charge on any atom is -0.481 e. The van der Waals surface area contributed by atoms with Crippen molar-refractivity contribution in [2.45, 2.75) is 46.0 Å². The first-order chi connectivity index (χ1) is 7.52. The van der Waals surface area contributed by atoms with E-state index >= 15 is 0 Å². The maximum absolute atomic E-state index is 11.4. The molecule has 0 saturated heterocycles. The summed E-state index contributed by atoms with van der Waals surface area (Å²) in [5.74, 6) is 1.84. The Hall–Kier alpha value is -0.180. The van der Waals surface area contributed by atoms with Crippen LogP contribution in [0.1, 0.15) is 46.0 Å². The fraction of sp³-hybridized carbons (Fsp3) is 0.923. The second kappa shape index (κ2) is 5.95. The van der Waals surface area contributed by atoms with Crippen molar-refractivity contribution in [3.63, 3.8) is 0 Å². The molecule has 1 aliphatic rings. The van der Waals surface area contributed by atoms with Crippen molar-refractivity contribution in [2.75, 3.05) is 12.0 Å². The summed E-state index contributed by atoms with van der Waals surface area (Å²) >= 11 is 1.75. The summed E-state index contributed by atoms with van der Waals surface area (Å²) in [6, 6.07) is 0. The van der Waals surface area contributed by atoms with Crippen LogP contribution in [0.2, 0.25) is 0 Å². The van der Waals surface area contributed by atoms with Crippen molar-refractivity contribution >= 4 is 17.7 Å². The van der Waals surface area contributed by atoms with Crippen LogP contribution in [0.5, 0.6) is 0 Å². The van der Waals surface area contributed by atoms with Gasteiger partial charge in [-0.05, 0) is 55.9 Å². The van der Waals surface area contributed by atoms with Gasteiger partial charge in [-0.15, -0.1) is 0 Å². The highest BCUT2D eigenvalue weighted by Crippen LogP contribution is 2.44. The Morgan fingerprint density at radius 2 is 2.00 bits per heavy atom. The highest BCUT2D eigenvalue weighted by molar-refractivity contribution is 7.98. The Kier molecular flexibility index (Phi) is 5.16. The average molecular weight is 244 g/mol. The number of thioether (sulfide) groups is 1. The molecular formula is C13H24O2S. The Bertz CT molecular complexity index is 230. The highest BCUT2D eigenvalue weighted by Gasteiger charge is 2.41. The maximum Gasteiger partial charge on any atom is 0.309 e. The van der Waals surface area contributed by atoms with Crippen molar-refractivity contribution in [1.29, 1.82) is 0 Å². The van der Waals surface area contributed by atoms with E-state index in [-0.39, 0.29) is 0 Å². The summed E-state index contributed by atoms with van der Waals surface area (Å²) in [5, 5.41) is 9.43. The second-order valence-corrected chi connectivity index (χ2v) is 6.40. The molecule has 0 aromatic carbocycles. The number of aliphatic carboxylic acids is 1. The summed E-state index contributed by atoms with van der Waals surface area (Å²) < 4.78 is 0. The monoisotopic (exact) mass is 244 g/mol. The fourth-order valence-electron chi connectivity index (χ4n) is 2.73. The van der Waals surface area contributed by atoms with Gasteiger partial charge in [-0.2, -0.15) is 11.8 Å². The molecule has 3 heteroatoms. The van der Waals surface area contributed by atoms with Crippen molar-refractivity contribution < 1.29 is 9.90 Å². The lowest BCUT2D eigenvalue weighted by molar-refractivity contribution is -0.152. The minimum atomic E-state index is -0.566. The Morgan fingerprint density at radius 1 is 1.44 bits per heavy atom. The molecule has 0 amide bonds. The smallest absolute Gasteiger partial charge is 0.309 e. The topological polar surface area (TPSA) is 37.3 Å². The van der Waals surface area contributed by atoms with E-state index in [0.717, 1.165) is 43.8 Å². The number of carbonyl (C=O) groups is 1. The van der Waals surface area contributed by atoms with Gasteiger partial charge in [0.15, 0.2) is 0 Å². The normalized spacial score (nSPS) is 30.6. The molecule has 0 spiro atoms. The van der Waals surface area contributed by atoms with Gasteiger partial charge in [-0.1, -0.05) is 13.8 Å². The molecule has 2 nitrogen and oxygen atoms in total. The zero-order valence-corrected chi connectivity index (χ0v) is 11.5. The highest BCUT2D eigenvalue weighted by atomic mass is 32.2. The van der Waals surface area contributed by atoms with Crippen LogP contribution in [0.4, 0.5) is 0 Å². The first-order valence-electron chi connectivity index (χ1n) is 6.24. The molecule has 0 bridgehead atoms. The first-order valence-corrected chi connectivity index (χ1v) is 7.63. The van der Waals surface area contributed by atoms with E-state index in [2.05, 4.69) is 20.1 Å². The Labute approximate surface area is 103 Å². The molecular weight excluding hydrogens is 220 g/mol. The third-order valence-corrected chi connectivity index (χ3v) is 4.78. The van der Waals surface area contributed by atoms with Gasteiger partial charge in [0.2, 0.25) is 0 Å². The quantitative estimate of drug-likeness (QED) is 0.802. The second-order valence-electron chi connectivity index (χ2n) is 5.41. The predicted molar refractivity (Wildman–Crippen MR) is 69.9 cm³/mol. The number of hydrogen-bond donors (Lipinski definition) is 1. The van der Waals surface area contributed by atoms with Crippen LogP contribution in [0.3, 0.4) is 0 Å². The largest absolute Gasteiger partial charge is 0.481 e. The number of carboxylic acid groups (broad SMARTS) is 1. The van der Waals surface area contributed by atoms with Crippen molar-refractivity contribution in [1.82, 2.24) is 0 Å². The molecule has 1 rings (SSSR count). The van der Waals surface area contributed by atoms with E-state index in [1.54, 1.807) is 11.8 Å². The van der Waals surface area contributed by atoms with Gasteiger partial charge in [0.1, 0.15) is 0 Å². The van der Waals surface area contributed by atoms with Crippen LogP contribution in [0.25, 0.3) is 0 Å². The molecule has 0 radical (unpaired) electrons. The van der Waals surface area contributed by atoms with E-state index in [4.69, 9.17) is 0 Å². The van der Waals surface area contributed by atoms with E-state index in [0.29, 0.717) is 5.92 Å². The number of carboxylic acids is 1. The van der Waals surface area contributed by atoms with Gasteiger partial charge < -0.3 is 5.11 Å². The van der Waals surface area contributed by atoms with Gasteiger partial charge in [0.05, 0.1) is 5.41 Å². The summed E-state index contributed by atoms with van der Waals surface area (Å²) in [6.07, 6.45) is 6.85. The molecule has 0 aromatic heterocycles. The minimum absolute atomic E-state index is 0.408. The molecule has 1 saturated carbocycles. The molecule has 16 heavy (non-hydrogen) atoms. The summed E-state index contributed by atoms with van der Waals surface area (Å²) in [6.45, 7) is 4.50. The van der Waals surface area contributed by atoms with Gasteiger partial charge in [-0.25, -0.2) is 0 Å². The van der Waals surface area contributed by atoms with Gasteiger partial charge in [0, 0.05) is 0 Å². The summed E-state index contributed by atoms with van der Waals surface area (Å²) in [7, 11) is 0. The lowest BCUT2D eigenvalue weighted by Gasteiger charge is -2.38. The van der Waals surface area contributed by atoms with E-state index in [9.17, 15) is 9.90 Å². The van der Waals surface area contributed by atoms with Crippen LogP contribution < -0.4 is 0 Å². The van der Waals surface area contributed by atoms with E-state index < -0.39 is 11.4 Å². The molecule has 0 heterocycles. The molecule has 0 aliphatic heterocycles. The number of rotatable bonds is 5. The molecule has 1 fully saturated rings.